The van der Waals surface area contributed by atoms with Crippen molar-refractivity contribution in [2.45, 2.75) is 128 Å². The Morgan fingerprint density at radius 2 is 0.263 bits per heavy atom. The lowest BCUT2D eigenvalue weighted by Crippen LogP contribution is -2.01. The normalized spacial score (nSPS) is 14.0. The number of hydrogen-bond donors (Lipinski definition) is 8. The van der Waals surface area contributed by atoms with Crippen molar-refractivity contribution < 1.29 is 42.3 Å². The fourth-order valence-corrected chi connectivity index (χ4v) is 9.63. The first-order valence-corrected chi connectivity index (χ1v) is 26.6. The summed E-state index contributed by atoms with van der Waals surface area (Å²) < 4.78 is 0. The van der Waals surface area contributed by atoms with Gasteiger partial charge in [0.05, 0.1) is 0 Å². The van der Waals surface area contributed by atoms with Gasteiger partial charge in [0.25, 0.3) is 0 Å². The van der Waals surface area contributed by atoms with E-state index >= 15 is 0 Å². The van der Waals surface area contributed by atoms with Crippen LogP contribution < -0.4 is 0 Å². The van der Waals surface area contributed by atoms with Crippen molar-refractivity contribution in [3.05, 3.63) is 239 Å². The van der Waals surface area contributed by atoms with Gasteiger partial charge in [-0.05, 0) is 215 Å². The van der Waals surface area contributed by atoms with E-state index in [-0.39, 0.29) is 1.43 Å². The van der Waals surface area contributed by atoms with E-state index in [9.17, 15) is 40.9 Å². The third-order valence-electron chi connectivity index (χ3n) is 14.5. The van der Waals surface area contributed by atoms with Crippen LogP contribution in [0.25, 0.3) is 0 Å². The zero-order valence-corrected chi connectivity index (χ0v) is 45.5. The smallest absolute Gasteiger partial charge is 0.508 e. The minimum Gasteiger partial charge on any atom is -0.508 e. The van der Waals surface area contributed by atoms with Crippen molar-refractivity contribution in [2.24, 2.45) is 0 Å². The molecule has 0 aliphatic rings. The van der Waals surface area contributed by atoms with Gasteiger partial charge in [-0.1, -0.05) is 152 Å². The van der Waals surface area contributed by atoms with E-state index in [1.807, 2.05) is 97.1 Å². The van der Waals surface area contributed by atoms with Gasteiger partial charge in [-0.25, -0.2) is 0 Å². The minimum atomic E-state index is 0. The molecule has 0 amide bonds. The number of aromatic hydroxyl groups is 8. The lowest BCUT2D eigenvalue weighted by atomic mass is 9.87. The van der Waals surface area contributed by atoms with Crippen molar-refractivity contribution in [1.82, 2.24) is 0 Å². The van der Waals surface area contributed by atoms with Crippen molar-refractivity contribution in [2.75, 3.05) is 0 Å². The number of hydrogen-bond acceptors (Lipinski definition) is 8. The van der Waals surface area contributed by atoms with Crippen molar-refractivity contribution in [3.8, 4) is 46.0 Å². The van der Waals surface area contributed by atoms with E-state index < -0.39 is 0 Å². The van der Waals surface area contributed by atoms with Gasteiger partial charge in [0, 0.05) is 0 Å². The molecule has 0 aliphatic heterocycles. The predicted octanol–water partition coefficient (Wildman–Crippen LogP) is 17.7. The van der Waals surface area contributed by atoms with Gasteiger partial charge in [-0.15, -0.1) is 0 Å². The second-order valence-corrected chi connectivity index (χ2v) is 20.9. The molecule has 8 N–H and O–H groups in total. The lowest BCUT2D eigenvalue weighted by molar-refractivity contribution is 0.473. The molecule has 0 radical (unpaired) electrons. The molecule has 400 valence electrons. The molecule has 8 aromatic carbocycles. The second-order valence-electron chi connectivity index (χ2n) is 20.9. The molecule has 0 spiro atoms. The quantitative estimate of drug-likeness (QED) is 0.0474. The van der Waals surface area contributed by atoms with Crippen molar-refractivity contribution in [3.63, 3.8) is 0 Å². The third kappa shape index (κ3) is 19.5. The van der Waals surface area contributed by atoms with Crippen LogP contribution in [0.2, 0.25) is 0 Å². The van der Waals surface area contributed by atoms with Crippen LogP contribution in [0.1, 0.15) is 174 Å². The average Bonchev–Trinajstić information content (AvgIpc) is 3.40. The largest absolute Gasteiger partial charge is 1.00 e. The fourth-order valence-electron chi connectivity index (χ4n) is 9.63. The molecule has 8 unspecified atom stereocenters. The number of rotatable bonds is 16. The number of phenols is 8. The first-order valence-electron chi connectivity index (χ1n) is 26.6. The molecule has 0 aromatic heterocycles. The van der Waals surface area contributed by atoms with E-state index in [2.05, 4.69) is 55.4 Å². The van der Waals surface area contributed by atoms with Crippen LogP contribution in [-0.4, -0.2) is 40.9 Å². The molecular formula is C68H81O8+. The van der Waals surface area contributed by atoms with Crippen LogP contribution in [0, 0.1) is 0 Å². The van der Waals surface area contributed by atoms with Crippen molar-refractivity contribution >= 4 is 0 Å². The molecule has 0 fully saturated rings. The first kappa shape index (κ1) is 59.0. The average molecular weight is 1030 g/mol. The van der Waals surface area contributed by atoms with Gasteiger partial charge in [-0.2, -0.15) is 0 Å². The summed E-state index contributed by atoms with van der Waals surface area (Å²) in [6.07, 6.45) is 4.15. The summed E-state index contributed by atoms with van der Waals surface area (Å²) in [4.78, 5) is 0. The third-order valence-corrected chi connectivity index (χ3v) is 14.5. The van der Waals surface area contributed by atoms with Gasteiger partial charge in [0.2, 0.25) is 0 Å². The molecule has 0 bridgehead atoms. The van der Waals surface area contributed by atoms with E-state index in [4.69, 9.17) is 0 Å². The van der Waals surface area contributed by atoms with Gasteiger partial charge >= 0.3 is 1.43 Å². The summed E-state index contributed by atoms with van der Waals surface area (Å²) in [6, 6.07) is 59.3. The summed E-state index contributed by atoms with van der Waals surface area (Å²) in [6.45, 7) is 17.6. The Labute approximate surface area is 453 Å². The Morgan fingerprint density at radius 3 is 0.342 bits per heavy atom. The monoisotopic (exact) mass is 1030 g/mol. The highest BCUT2D eigenvalue weighted by molar-refractivity contribution is 5.35. The zero-order valence-electron chi connectivity index (χ0n) is 46.5. The molecule has 8 heteroatoms. The molecule has 76 heavy (non-hydrogen) atoms. The van der Waals surface area contributed by atoms with Crippen LogP contribution in [0.4, 0.5) is 0 Å². The molecule has 0 saturated carbocycles. The first-order chi connectivity index (χ1) is 36.2. The molecule has 0 aliphatic carbocycles. The maximum atomic E-state index is 9.30. The molecule has 8 atom stereocenters. The van der Waals surface area contributed by atoms with Crippen molar-refractivity contribution in [1.29, 1.82) is 0 Å². The Bertz CT molecular complexity index is 2270. The maximum Gasteiger partial charge on any atom is 1.00 e. The van der Waals surface area contributed by atoms with Crippen LogP contribution in [0.3, 0.4) is 0 Å². The Hall–Kier alpha value is -7.84. The Kier molecular flexibility index (Phi) is 22.8. The molecule has 0 heterocycles. The summed E-state index contributed by atoms with van der Waals surface area (Å²) in [7, 11) is 0. The predicted molar refractivity (Wildman–Crippen MR) is 312 cm³/mol. The second kappa shape index (κ2) is 29.3. The molecule has 0 saturated heterocycles. The highest BCUT2D eigenvalue weighted by Gasteiger charge is 2.16. The summed E-state index contributed by atoms with van der Waals surface area (Å²) in [5.41, 5.74) is 9.91. The minimum absolute atomic E-state index is 0. The lowest BCUT2D eigenvalue weighted by Gasteiger charge is -2.18. The highest BCUT2D eigenvalue weighted by atomic mass is 16.3. The molecule has 8 nitrogen and oxygen atoms in total. The molecule has 8 aromatic rings. The fraction of sp³-hybridized carbons (Fsp3) is 0.294. The van der Waals surface area contributed by atoms with Crippen LogP contribution in [0.15, 0.2) is 194 Å². The SMILES string of the molecule is CC(CC(C)c1ccc(O)cc1)c1ccc(O)cc1.CC(CC(C)c1ccc(O)cc1)c1ccc(O)cc1.CC(CC(C)c1ccc(O)cc1)c1ccc(O)cc1.CC(CC(C)c1ccc(O)cc1)c1ccc(O)cc1.[H+]. The summed E-state index contributed by atoms with van der Waals surface area (Å²) in [5, 5.41) is 74.4. The van der Waals surface area contributed by atoms with Crippen LogP contribution in [-0.2, 0) is 0 Å². The van der Waals surface area contributed by atoms with Gasteiger partial charge < -0.3 is 40.9 Å². The van der Waals surface area contributed by atoms with E-state index in [0.717, 1.165) is 25.7 Å². The number of phenolic OH excluding ortho intramolecular Hbond substituents is 8. The van der Waals surface area contributed by atoms with Crippen LogP contribution in [0.5, 0.6) is 46.0 Å². The van der Waals surface area contributed by atoms with E-state index in [1.54, 1.807) is 97.1 Å². The number of benzene rings is 8. The maximum absolute atomic E-state index is 9.30. The molecular weight excluding hydrogens is 945 g/mol. The van der Waals surface area contributed by atoms with E-state index in [0.29, 0.717) is 93.3 Å². The van der Waals surface area contributed by atoms with E-state index in [1.165, 1.54) is 44.5 Å². The standard InChI is InChI=1S/4C17H20O2/c4*1-12(14-3-7-16(18)8-4-14)11-13(2)15-5-9-17(19)10-6-15/h4*3-10,12-13,18-19H,11H2,1-2H3/p+1. The topological polar surface area (TPSA) is 162 Å². The summed E-state index contributed by atoms with van der Waals surface area (Å²) in [5.74, 6) is 5.94. The molecule has 8 rings (SSSR count). The Morgan fingerprint density at radius 1 is 0.184 bits per heavy atom. The zero-order chi connectivity index (χ0) is 55.3. The van der Waals surface area contributed by atoms with Crippen LogP contribution >= 0.6 is 0 Å². The van der Waals surface area contributed by atoms with Gasteiger partial charge in [-0.3, -0.25) is 0 Å². The van der Waals surface area contributed by atoms with Gasteiger partial charge in [0.15, 0.2) is 0 Å². The Balaban J connectivity index is 0.000000221. The highest BCUT2D eigenvalue weighted by Crippen LogP contribution is 2.35. The van der Waals surface area contributed by atoms with Gasteiger partial charge in [0.1, 0.15) is 46.0 Å². The summed E-state index contributed by atoms with van der Waals surface area (Å²) >= 11 is 0.